The first-order valence-corrected chi connectivity index (χ1v) is 9.52. The van der Waals surface area contributed by atoms with E-state index >= 15 is 0 Å². The van der Waals surface area contributed by atoms with Gasteiger partial charge in [-0.25, -0.2) is 0 Å². The molecule has 3 rings (SSSR count). The van der Waals surface area contributed by atoms with Gasteiger partial charge in [0.25, 0.3) is 0 Å². The third kappa shape index (κ3) is 3.80. The van der Waals surface area contributed by atoms with Crippen LogP contribution in [0.5, 0.6) is 0 Å². The Kier molecular flexibility index (Phi) is 5.58. The Labute approximate surface area is 131 Å². The van der Waals surface area contributed by atoms with Crippen LogP contribution in [0.4, 0.5) is 0 Å². The van der Waals surface area contributed by atoms with Gasteiger partial charge in [0.2, 0.25) is 0 Å². The number of hydrogen-bond acceptors (Lipinski definition) is 3. The van der Waals surface area contributed by atoms with Gasteiger partial charge in [-0.3, -0.25) is 9.80 Å². The summed E-state index contributed by atoms with van der Waals surface area (Å²) in [4.78, 5) is 8.33. The first-order chi connectivity index (χ1) is 10.3. The highest BCUT2D eigenvalue weighted by Gasteiger charge is 2.41. The number of unbranched alkanes of at least 4 members (excludes halogenated alkanes) is 1. The van der Waals surface area contributed by atoms with Crippen molar-refractivity contribution in [1.82, 2.24) is 14.7 Å². The maximum Gasteiger partial charge on any atom is 0.0336 e. The van der Waals surface area contributed by atoms with E-state index in [2.05, 4.69) is 21.6 Å². The number of rotatable bonds is 6. The lowest BCUT2D eigenvalue weighted by molar-refractivity contribution is 0.0439. The van der Waals surface area contributed by atoms with Crippen LogP contribution in [0, 0.1) is 0 Å². The second-order valence-corrected chi connectivity index (χ2v) is 7.60. The van der Waals surface area contributed by atoms with Crippen molar-refractivity contribution in [2.24, 2.45) is 0 Å². The van der Waals surface area contributed by atoms with Gasteiger partial charge in [0.1, 0.15) is 0 Å². The molecule has 3 heteroatoms. The summed E-state index contributed by atoms with van der Waals surface area (Å²) in [5.74, 6) is 0. The molecule has 0 bridgehead atoms. The molecule has 0 atom stereocenters. The second-order valence-electron chi connectivity index (χ2n) is 7.60. The van der Waals surface area contributed by atoms with Crippen molar-refractivity contribution < 1.29 is 0 Å². The predicted molar refractivity (Wildman–Crippen MR) is 89.8 cm³/mol. The number of likely N-dealkylation sites (tertiary alicyclic amines) is 1. The van der Waals surface area contributed by atoms with Gasteiger partial charge in [-0.05, 0) is 51.7 Å². The molecule has 0 unspecified atom stereocenters. The molecule has 2 saturated heterocycles. The summed E-state index contributed by atoms with van der Waals surface area (Å²) >= 11 is 0. The summed E-state index contributed by atoms with van der Waals surface area (Å²) in [5.41, 5.74) is 0.558. The summed E-state index contributed by atoms with van der Waals surface area (Å²) in [7, 11) is 0. The normalized spacial score (nSPS) is 28.4. The maximum absolute atomic E-state index is 2.86. The zero-order valence-corrected chi connectivity index (χ0v) is 14.2. The van der Waals surface area contributed by atoms with Gasteiger partial charge in [0.15, 0.2) is 0 Å². The largest absolute Gasteiger partial charge is 0.301 e. The highest BCUT2D eigenvalue weighted by Crippen LogP contribution is 2.38. The Morgan fingerprint density at radius 3 is 2.00 bits per heavy atom. The highest BCUT2D eigenvalue weighted by molar-refractivity contribution is 4.99. The molecule has 3 fully saturated rings. The smallest absolute Gasteiger partial charge is 0.0336 e. The van der Waals surface area contributed by atoms with Crippen LogP contribution >= 0.6 is 0 Å². The van der Waals surface area contributed by atoms with Gasteiger partial charge in [-0.2, -0.15) is 0 Å². The molecule has 0 aromatic heterocycles. The first kappa shape index (κ1) is 15.8. The lowest BCUT2D eigenvalue weighted by Gasteiger charge is -2.45. The van der Waals surface area contributed by atoms with E-state index < -0.39 is 0 Å². The number of hydrogen-bond donors (Lipinski definition) is 0. The van der Waals surface area contributed by atoms with Crippen molar-refractivity contribution in [2.45, 2.75) is 63.8 Å². The number of piperazine rings is 1. The SMILES string of the molecule is CCCCN1CCN(CC2(N3CCCC3)CCCC2)CC1. The van der Waals surface area contributed by atoms with E-state index in [4.69, 9.17) is 0 Å². The molecule has 3 aliphatic rings. The third-order valence-corrected chi connectivity index (χ3v) is 6.12. The average molecular weight is 293 g/mol. The predicted octanol–water partition coefficient (Wildman–Crippen LogP) is 2.81. The lowest BCUT2D eigenvalue weighted by atomic mass is 9.94. The Balaban J connectivity index is 1.50. The molecule has 1 aliphatic carbocycles. The van der Waals surface area contributed by atoms with E-state index in [1.54, 1.807) is 0 Å². The molecule has 0 N–H and O–H groups in total. The minimum atomic E-state index is 0.558. The van der Waals surface area contributed by atoms with Crippen molar-refractivity contribution in [3.8, 4) is 0 Å². The quantitative estimate of drug-likeness (QED) is 0.745. The Morgan fingerprint density at radius 1 is 0.762 bits per heavy atom. The fraction of sp³-hybridized carbons (Fsp3) is 1.00. The average Bonchev–Trinajstić information content (AvgIpc) is 3.18. The molecule has 1 saturated carbocycles. The van der Waals surface area contributed by atoms with Gasteiger partial charge in [-0.15, -0.1) is 0 Å². The molecule has 0 amide bonds. The van der Waals surface area contributed by atoms with Crippen molar-refractivity contribution in [3.63, 3.8) is 0 Å². The molecule has 2 aliphatic heterocycles. The first-order valence-electron chi connectivity index (χ1n) is 9.52. The van der Waals surface area contributed by atoms with Crippen LogP contribution in [-0.4, -0.2) is 72.6 Å². The fourth-order valence-electron chi connectivity index (χ4n) is 4.77. The van der Waals surface area contributed by atoms with Gasteiger partial charge in [0.05, 0.1) is 0 Å². The Bertz CT molecular complexity index is 298. The molecule has 3 nitrogen and oxygen atoms in total. The van der Waals surface area contributed by atoms with E-state index in [-0.39, 0.29) is 0 Å². The minimum Gasteiger partial charge on any atom is -0.301 e. The standard InChI is InChI=1S/C18H35N3/c1-2-3-10-19-13-15-20(16-14-19)17-18(8-4-5-9-18)21-11-6-7-12-21/h2-17H2,1H3. The molecule has 0 radical (unpaired) electrons. The monoisotopic (exact) mass is 293 g/mol. The lowest BCUT2D eigenvalue weighted by Crippen LogP contribution is -2.56. The molecule has 2 heterocycles. The summed E-state index contributed by atoms with van der Waals surface area (Å²) < 4.78 is 0. The van der Waals surface area contributed by atoms with Crippen molar-refractivity contribution in [1.29, 1.82) is 0 Å². The third-order valence-electron chi connectivity index (χ3n) is 6.12. The zero-order chi connectivity index (χ0) is 14.5. The minimum absolute atomic E-state index is 0.558. The van der Waals surface area contributed by atoms with Crippen molar-refractivity contribution in [3.05, 3.63) is 0 Å². The fourth-order valence-corrected chi connectivity index (χ4v) is 4.77. The van der Waals surface area contributed by atoms with E-state index in [1.807, 2.05) is 0 Å². The van der Waals surface area contributed by atoms with Crippen LogP contribution in [0.2, 0.25) is 0 Å². The molecular weight excluding hydrogens is 258 g/mol. The van der Waals surface area contributed by atoms with Crippen LogP contribution in [-0.2, 0) is 0 Å². The summed E-state index contributed by atoms with van der Waals surface area (Å²) in [6, 6.07) is 0. The van der Waals surface area contributed by atoms with Gasteiger partial charge < -0.3 is 4.90 Å². The molecule has 122 valence electrons. The van der Waals surface area contributed by atoms with E-state index in [9.17, 15) is 0 Å². The Hall–Kier alpha value is -0.120. The molecular formula is C18H35N3. The van der Waals surface area contributed by atoms with Crippen LogP contribution in [0.25, 0.3) is 0 Å². The van der Waals surface area contributed by atoms with Crippen LogP contribution < -0.4 is 0 Å². The topological polar surface area (TPSA) is 9.72 Å². The second kappa shape index (κ2) is 7.43. The molecule has 21 heavy (non-hydrogen) atoms. The van der Waals surface area contributed by atoms with Crippen LogP contribution in [0.3, 0.4) is 0 Å². The molecule has 0 aromatic rings. The van der Waals surface area contributed by atoms with Gasteiger partial charge in [-0.1, -0.05) is 26.2 Å². The van der Waals surface area contributed by atoms with Crippen LogP contribution in [0.15, 0.2) is 0 Å². The van der Waals surface area contributed by atoms with Gasteiger partial charge in [0, 0.05) is 38.3 Å². The Morgan fingerprint density at radius 2 is 1.38 bits per heavy atom. The van der Waals surface area contributed by atoms with E-state index in [1.165, 1.54) is 104 Å². The summed E-state index contributed by atoms with van der Waals surface area (Å²) in [5, 5.41) is 0. The van der Waals surface area contributed by atoms with E-state index in [0.717, 1.165) is 0 Å². The molecule has 0 spiro atoms. The zero-order valence-electron chi connectivity index (χ0n) is 14.2. The molecule has 0 aromatic carbocycles. The number of nitrogens with zero attached hydrogens (tertiary/aromatic N) is 3. The summed E-state index contributed by atoms with van der Waals surface area (Å²) in [6.07, 6.45) is 11.4. The van der Waals surface area contributed by atoms with Crippen molar-refractivity contribution >= 4 is 0 Å². The van der Waals surface area contributed by atoms with Gasteiger partial charge >= 0.3 is 0 Å². The maximum atomic E-state index is 2.86. The highest BCUT2D eigenvalue weighted by atomic mass is 15.3. The van der Waals surface area contributed by atoms with E-state index in [0.29, 0.717) is 5.54 Å². The summed E-state index contributed by atoms with van der Waals surface area (Å²) in [6.45, 7) is 12.9. The van der Waals surface area contributed by atoms with Crippen molar-refractivity contribution in [2.75, 3.05) is 52.4 Å². The van der Waals surface area contributed by atoms with Crippen LogP contribution in [0.1, 0.15) is 58.3 Å².